The van der Waals surface area contributed by atoms with Gasteiger partial charge in [0.15, 0.2) is 5.17 Å². The number of methoxy groups -OCH3 is 1. The number of carbonyl (C=O) groups excluding carboxylic acids is 3. The largest absolute Gasteiger partial charge is 0.497 e. The first kappa shape index (κ1) is 25.0. The van der Waals surface area contributed by atoms with Gasteiger partial charge in [0.1, 0.15) is 11.4 Å². The van der Waals surface area contributed by atoms with Gasteiger partial charge < -0.3 is 10.1 Å². The highest BCUT2D eigenvalue weighted by Crippen LogP contribution is 2.33. The van der Waals surface area contributed by atoms with Crippen molar-refractivity contribution >= 4 is 46.5 Å². The topological polar surface area (TPSA) is 100 Å². The fraction of sp³-hybridized carbons (Fsp3) is 0.280. The Morgan fingerprint density at radius 1 is 1.12 bits per heavy atom. The zero-order chi connectivity index (χ0) is 24.8. The number of anilines is 1. The molecule has 0 unspecified atom stereocenters. The minimum atomic E-state index is -0.679. The van der Waals surface area contributed by atoms with E-state index in [0.29, 0.717) is 22.5 Å². The first-order chi connectivity index (χ1) is 16.2. The highest BCUT2D eigenvalue weighted by Gasteiger charge is 2.34. The van der Waals surface area contributed by atoms with Crippen molar-refractivity contribution in [2.24, 2.45) is 4.99 Å². The summed E-state index contributed by atoms with van der Waals surface area (Å²) in [6.45, 7) is 5.89. The van der Waals surface area contributed by atoms with Crippen LogP contribution in [0, 0.1) is 0 Å². The van der Waals surface area contributed by atoms with Gasteiger partial charge in [-0.15, -0.1) is 0 Å². The Morgan fingerprint density at radius 3 is 2.44 bits per heavy atom. The maximum atomic E-state index is 13.4. The number of rotatable bonds is 6. The number of urea groups is 1. The van der Waals surface area contributed by atoms with E-state index in [1.165, 1.54) is 17.5 Å². The van der Waals surface area contributed by atoms with Gasteiger partial charge >= 0.3 is 6.03 Å². The number of hydrogen-bond donors (Lipinski definition) is 2. The van der Waals surface area contributed by atoms with E-state index < -0.39 is 17.2 Å². The van der Waals surface area contributed by atoms with Crippen molar-refractivity contribution in [3.63, 3.8) is 0 Å². The maximum absolute atomic E-state index is 13.4. The molecule has 2 N–H and O–H groups in total. The molecule has 0 radical (unpaired) electrons. The van der Waals surface area contributed by atoms with E-state index in [-0.39, 0.29) is 11.6 Å². The molecule has 2 aromatic rings. The summed E-state index contributed by atoms with van der Waals surface area (Å²) < 4.78 is 5.31. The lowest BCUT2D eigenvalue weighted by Gasteiger charge is -2.20. The van der Waals surface area contributed by atoms with Gasteiger partial charge in [0, 0.05) is 13.1 Å². The Kier molecular flexibility index (Phi) is 8.12. The summed E-state index contributed by atoms with van der Waals surface area (Å²) in [5.74, 6) is 0.179. The Hall–Kier alpha value is -3.59. The third-order valence-electron chi connectivity index (χ3n) is 5.16. The fourth-order valence-electron chi connectivity index (χ4n) is 3.18. The first-order valence-electron chi connectivity index (χ1n) is 10.8. The molecule has 3 rings (SSSR count). The molecule has 1 aliphatic rings. The summed E-state index contributed by atoms with van der Waals surface area (Å²) in [7, 11) is 2.97. The lowest BCUT2D eigenvalue weighted by molar-refractivity contribution is -0.119. The van der Waals surface area contributed by atoms with E-state index in [0.717, 1.165) is 17.3 Å². The average molecular weight is 481 g/mol. The Bertz CT molecular complexity index is 1140. The van der Waals surface area contributed by atoms with E-state index in [1.54, 1.807) is 44.4 Å². The van der Waals surface area contributed by atoms with Crippen molar-refractivity contribution in [3.8, 4) is 5.75 Å². The molecule has 1 aliphatic heterocycles. The molecule has 34 heavy (non-hydrogen) atoms. The third kappa shape index (κ3) is 5.85. The molecule has 8 nitrogen and oxygen atoms in total. The third-order valence-corrected chi connectivity index (χ3v) is 6.22. The molecule has 0 saturated carbocycles. The fourth-order valence-corrected chi connectivity index (χ4v) is 4.10. The Morgan fingerprint density at radius 2 is 1.82 bits per heavy atom. The number of thioether (sulfide) groups is 1. The van der Waals surface area contributed by atoms with Crippen molar-refractivity contribution in [3.05, 3.63) is 65.4 Å². The van der Waals surface area contributed by atoms with E-state index in [9.17, 15) is 14.4 Å². The quantitative estimate of drug-likeness (QED) is 0.606. The van der Waals surface area contributed by atoms with Crippen LogP contribution in [0.4, 0.5) is 10.5 Å². The molecule has 178 valence electrons. The van der Waals surface area contributed by atoms with Gasteiger partial charge in [-0.25, -0.2) is 9.79 Å². The van der Waals surface area contributed by atoms with Crippen LogP contribution >= 0.6 is 11.8 Å². The van der Waals surface area contributed by atoms with E-state index >= 15 is 0 Å². The van der Waals surface area contributed by atoms with Gasteiger partial charge in [-0.2, -0.15) is 0 Å². The maximum Gasteiger partial charge on any atom is 0.321 e. The summed E-state index contributed by atoms with van der Waals surface area (Å²) >= 11 is 1.09. The summed E-state index contributed by atoms with van der Waals surface area (Å²) in [6.07, 6.45) is 1.72. The lowest BCUT2D eigenvalue weighted by atomic mass is 10.0. The van der Waals surface area contributed by atoms with Crippen molar-refractivity contribution in [1.29, 1.82) is 0 Å². The standard InChI is InChI=1S/C25H28N4O4S/c1-15(2)18-11-9-17(10-12-18)13-21-23(31)29(19-7-6-8-20(14-19)33-5)25(27-21)34-16(3)22(30)28-24(32)26-4/h6-16H,1-5H3,(H2,26,28,30,32)/b21-13+/t16-/m0/s1. The van der Waals surface area contributed by atoms with Gasteiger partial charge in [-0.3, -0.25) is 19.8 Å². The summed E-state index contributed by atoms with van der Waals surface area (Å²) in [6, 6.07) is 14.4. The van der Waals surface area contributed by atoms with Crippen LogP contribution in [0.1, 0.15) is 37.8 Å². The van der Waals surface area contributed by atoms with Gasteiger partial charge in [-0.05, 0) is 42.2 Å². The molecule has 4 amide bonds. The Labute approximate surface area is 203 Å². The number of amidine groups is 1. The molecule has 0 fully saturated rings. The van der Waals surface area contributed by atoms with Crippen LogP contribution in [0.25, 0.3) is 6.08 Å². The number of carbonyl (C=O) groups is 3. The molecule has 0 aromatic heterocycles. The van der Waals surface area contributed by atoms with Crippen LogP contribution in [0.2, 0.25) is 0 Å². The predicted molar refractivity (Wildman–Crippen MR) is 136 cm³/mol. The van der Waals surface area contributed by atoms with Crippen LogP contribution < -0.4 is 20.3 Å². The highest BCUT2D eigenvalue weighted by atomic mass is 32.2. The van der Waals surface area contributed by atoms with E-state index in [1.807, 2.05) is 24.3 Å². The molecule has 9 heteroatoms. The zero-order valence-corrected chi connectivity index (χ0v) is 20.6. The van der Waals surface area contributed by atoms with Gasteiger partial charge in [0.05, 0.1) is 18.0 Å². The number of nitrogens with zero attached hydrogens (tertiary/aromatic N) is 2. The van der Waals surface area contributed by atoms with Crippen LogP contribution in [0.5, 0.6) is 5.75 Å². The number of imide groups is 1. The molecule has 0 saturated heterocycles. The van der Waals surface area contributed by atoms with Crippen LogP contribution in [-0.4, -0.2) is 42.4 Å². The van der Waals surface area contributed by atoms with Crippen LogP contribution in [0.15, 0.2) is 59.2 Å². The van der Waals surface area contributed by atoms with Crippen molar-refractivity contribution in [2.75, 3.05) is 19.1 Å². The van der Waals surface area contributed by atoms with Gasteiger partial charge in [0.25, 0.3) is 5.91 Å². The smallest absolute Gasteiger partial charge is 0.321 e. The number of benzene rings is 2. The van der Waals surface area contributed by atoms with Gasteiger partial charge in [0.2, 0.25) is 5.91 Å². The first-order valence-corrected chi connectivity index (χ1v) is 11.7. The molecule has 1 heterocycles. The predicted octanol–water partition coefficient (Wildman–Crippen LogP) is 4.14. The molecular formula is C25H28N4O4S. The van der Waals surface area contributed by atoms with Crippen LogP contribution in [-0.2, 0) is 9.59 Å². The van der Waals surface area contributed by atoms with E-state index in [4.69, 9.17) is 4.74 Å². The number of hydrogen-bond acceptors (Lipinski definition) is 6. The second-order valence-electron chi connectivity index (χ2n) is 7.92. The zero-order valence-electron chi connectivity index (χ0n) is 19.8. The minimum absolute atomic E-state index is 0.251. The number of ether oxygens (including phenoxy) is 1. The molecular weight excluding hydrogens is 452 g/mol. The summed E-state index contributed by atoms with van der Waals surface area (Å²) in [4.78, 5) is 43.3. The van der Waals surface area contributed by atoms with Crippen LogP contribution in [0.3, 0.4) is 0 Å². The normalized spacial score (nSPS) is 15.4. The number of nitrogens with one attached hydrogen (secondary N) is 2. The number of aliphatic imine (C=N–C) groups is 1. The van der Waals surface area contributed by atoms with Crippen molar-refractivity contribution < 1.29 is 19.1 Å². The lowest BCUT2D eigenvalue weighted by Crippen LogP contribution is -2.42. The average Bonchev–Trinajstić information content (AvgIpc) is 3.13. The minimum Gasteiger partial charge on any atom is -0.497 e. The second-order valence-corrected chi connectivity index (χ2v) is 9.22. The van der Waals surface area contributed by atoms with Crippen molar-refractivity contribution in [1.82, 2.24) is 10.6 Å². The van der Waals surface area contributed by atoms with Gasteiger partial charge in [-0.1, -0.05) is 55.9 Å². The van der Waals surface area contributed by atoms with E-state index in [2.05, 4.69) is 29.5 Å². The number of amides is 4. The SMILES string of the molecule is CNC(=O)NC(=O)[C@H](C)SC1=N/C(=C/c2ccc(C(C)C)cc2)C(=O)N1c1cccc(OC)c1. The highest BCUT2D eigenvalue weighted by molar-refractivity contribution is 8.15. The molecule has 1 atom stereocenters. The molecule has 0 bridgehead atoms. The second kappa shape index (κ2) is 11.0. The Balaban J connectivity index is 1.95. The summed E-state index contributed by atoms with van der Waals surface area (Å²) in [5.41, 5.74) is 2.86. The molecule has 0 aliphatic carbocycles. The monoisotopic (exact) mass is 480 g/mol. The molecule has 2 aromatic carbocycles. The molecule has 0 spiro atoms. The van der Waals surface area contributed by atoms with Crippen molar-refractivity contribution in [2.45, 2.75) is 31.9 Å². The summed E-state index contributed by atoms with van der Waals surface area (Å²) in [5, 5.41) is 4.25.